The first-order chi connectivity index (χ1) is 18.6. The van der Waals surface area contributed by atoms with Crippen LogP contribution in [0, 0.1) is 13.8 Å². The summed E-state index contributed by atoms with van der Waals surface area (Å²) in [6.45, 7) is 6.20. The van der Waals surface area contributed by atoms with E-state index in [-0.39, 0.29) is 17.3 Å². The maximum atomic E-state index is 13.9. The Labute approximate surface area is 232 Å². The Morgan fingerprint density at radius 2 is 1.44 bits per heavy atom. The third-order valence-corrected chi connectivity index (χ3v) is 8.48. The van der Waals surface area contributed by atoms with E-state index in [2.05, 4.69) is 5.32 Å². The van der Waals surface area contributed by atoms with Gasteiger partial charge in [0.05, 0.1) is 11.4 Å². The average molecular weight is 550 g/mol. The second-order valence-electron chi connectivity index (χ2n) is 9.93. The Hall–Kier alpha value is -3.49. The number of hydrogen-bond acceptors (Lipinski definition) is 4. The smallest absolute Gasteiger partial charge is 0.243 e. The monoisotopic (exact) mass is 549 g/mol. The number of rotatable bonds is 13. The van der Waals surface area contributed by atoms with Gasteiger partial charge in [-0.2, -0.15) is 4.31 Å². The fourth-order valence-corrected chi connectivity index (χ4v) is 5.33. The van der Waals surface area contributed by atoms with Crippen LogP contribution in [0.2, 0.25) is 0 Å². The lowest BCUT2D eigenvalue weighted by Gasteiger charge is -2.32. The van der Waals surface area contributed by atoms with Crippen molar-refractivity contribution in [2.24, 2.45) is 0 Å². The number of likely N-dealkylation sites (N-methyl/N-ethyl adjacent to an activating group) is 1. The van der Waals surface area contributed by atoms with Gasteiger partial charge in [-0.25, -0.2) is 8.42 Å². The van der Waals surface area contributed by atoms with Gasteiger partial charge in [-0.1, -0.05) is 91.2 Å². The highest BCUT2D eigenvalue weighted by atomic mass is 32.2. The maximum absolute atomic E-state index is 13.9. The number of benzene rings is 3. The number of amides is 2. The summed E-state index contributed by atoms with van der Waals surface area (Å²) in [4.78, 5) is 29.0. The first-order valence-electron chi connectivity index (χ1n) is 13.3. The quantitative estimate of drug-likeness (QED) is 0.319. The van der Waals surface area contributed by atoms with Crippen LogP contribution >= 0.6 is 0 Å². The molecule has 8 heteroatoms. The molecule has 0 unspecified atom stereocenters. The van der Waals surface area contributed by atoms with Crippen molar-refractivity contribution in [3.05, 3.63) is 101 Å². The molecule has 3 aromatic rings. The third-order valence-electron chi connectivity index (χ3n) is 6.66. The highest BCUT2D eigenvalue weighted by molar-refractivity contribution is 7.89. The molecular weight excluding hydrogens is 510 g/mol. The van der Waals surface area contributed by atoms with Gasteiger partial charge in [0.1, 0.15) is 6.04 Å². The molecule has 0 spiro atoms. The zero-order valence-corrected chi connectivity index (χ0v) is 24.1. The number of unbranched alkanes of at least 4 members (excludes halogenated alkanes) is 1. The highest BCUT2D eigenvalue weighted by Crippen LogP contribution is 2.19. The van der Waals surface area contributed by atoms with Crippen LogP contribution in [-0.2, 0) is 32.6 Å². The molecule has 0 saturated heterocycles. The first-order valence-corrected chi connectivity index (χ1v) is 14.8. The van der Waals surface area contributed by atoms with E-state index in [0.29, 0.717) is 13.0 Å². The molecule has 3 rings (SSSR count). The summed E-state index contributed by atoms with van der Waals surface area (Å²) in [5.74, 6) is -0.697. The fraction of sp³-hybridized carbons (Fsp3) is 0.355. The number of carbonyl (C=O) groups is 2. The van der Waals surface area contributed by atoms with Crippen molar-refractivity contribution in [3.8, 4) is 0 Å². The molecule has 1 N–H and O–H groups in total. The Morgan fingerprint density at radius 3 is 2.03 bits per heavy atom. The van der Waals surface area contributed by atoms with E-state index in [4.69, 9.17) is 0 Å². The molecule has 1 atom stereocenters. The summed E-state index contributed by atoms with van der Waals surface area (Å²) in [7, 11) is -2.51. The third kappa shape index (κ3) is 8.50. The van der Waals surface area contributed by atoms with Crippen LogP contribution in [0.15, 0.2) is 83.8 Å². The van der Waals surface area contributed by atoms with Gasteiger partial charge in [-0.05, 0) is 43.5 Å². The van der Waals surface area contributed by atoms with Crippen molar-refractivity contribution in [2.75, 3.05) is 20.1 Å². The number of nitrogens with one attached hydrogen (secondary N) is 1. The van der Waals surface area contributed by atoms with Gasteiger partial charge in [-0.3, -0.25) is 9.59 Å². The van der Waals surface area contributed by atoms with Crippen molar-refractivity contribution in [3.63, 3.8) is 0 Å². The summed E-state index contributed by atoms with van der Waals surface area (Å²) in [5, 5.41) is 2.98. The molecule has 39 heavy (non-hydrogen) atoms. The van der Waals surface area contributed by atoms with E-state index in [9.17, 15) is 18.0 Å². The topological polar surface area (TPSA) is 86.8 Å². The normalized spacial score (nSPS) is 12.2. The molecule has 2 amide bonds. The van der Waals surface area contributed by atoms with Crippen LogP contribution < -0.4 is 5.32 Å². The van der Waals surface area contributed by atoms with E-state index < -0.39 is 28.5 Å². The molecule has 0 saturated carbocycles. The molecule has 0 fully saturated rings. The fourth-order valence-electron chi connectivity index (χ4n) is 4.21. The van der Waals surface area contributed by atoms with Gasteiger partial charge in [0.15, 0.2) is 0 Å². The second-order valence-corrected chi connectivity index (χ2v) is 12.0. The van der Waals surface area contributed by atoms with E-state index in [1.165, 1.54) is 24.1 Å². The van der Waals surface area contributed by atoms with Crippen LogP contribution in [0.25, 0.3) is 0 Å². The van der Waals surface area contributed by atoms with E-state index in [0.717, 1.165) is 39.4 Å². The zero-order chi connectivity index (χ0) is 28.4. The minimum absolute atomic E-state index is 0.117. The molecule has 7 nitrogen and oxygen atoms in total. The molecule has 0 aliphatic heterocycles. The molecule has 0 bridgehead atoms. The van der Waals surface area contributed by atoms with Crippen LogP contribution in [0.1, 0.15) is 42.0 Å². The summed E-state index contributed by atoms with van der Waals surface area (Å²) in [5.41, 5.74) is 3.79. The maximum Gasteiger partial charge on any atom is 0.243 e. The van der Waals surface area contributed by atoms with Gasteiger partial charge in [-0.15, -0.1) is 0 Å². The molecule has 0 aromatic heterocycles. The Bertz CT molecular complexity index is 1320. The lowest BCUT2D eigenvalue weighted by atomic mass is 10.0. The van der Waals surface area contributed by atoms with Gasteiger partial charge < -0.3 is 10.2 Å². The standard InChI is InChI=1S/C31H39N3O4S/c1-5-6-20-32-31(36)29(21-26-10-8-7-9-11-26)34(22-27-16-12-24(2)13-17-27)30(35)23-33(4)39(37,38)28-18-14-25(3)15-19-28/h7-19,29H,5-6,20-23H2,1-4H3,(H,32,36)/t29-/m1/s1. The minimum atomic E-state index is -3.90. The van der Waals surface area contributed by atoms with E-state index in [1.807, 2.05) is 75.4 Å². The number of aryl methyl sites for hydroxylation is 2. The summed E-state index contributed by atoms with van der Waals surface area (Å²) in [6, 6.07) is 23.0. The predicted molar refractivity (Wildman–Crippen MR) is 155 cm³/mol. The van der Waals surface area contributed by atoms with Crippen molar-refractivity contribution >= 4 is 21.8 Å². The molecule has 3 aromatic carbocycles. The second kappa shape index (κ2) is 14.1. The molecule has 0 radical (unpaired) electrons. The lowest BCUT2D eigenvalue weighted by molar-refractivity contribution is -0.141. The van der Waals surface area contributed by atoms with Crippen molar-refractivity contribution in [2.45, 2.75) is 57.5 Å². The summed E-state index contributed by atoms with van der Waals surface area (Å²) < 4.78 is 27.5. The lowest BCUT2D eigenvalue weighted by Crippen LogP contribution is -2.53. The van der Waals surface area contributed by atoms with Gasteiger partial charge in [0.25, 0.3) is 0 Å². The first kappa shape index (κ1) is 30.1. The average Bonchev–Trinajstić information content (AvgIpc) is 2.92. The zero-order valence-electron chi connectivity index (χ0n) is 23.3. The van der Waals surface area contributed by atoms with Crippen LogP contribution in [0.5, 0.6) is 0 Å². The van der Waals surface area contributed by atoms with Gasteiger partial charge in [0, 0.05) is 26.6 Å². The Balaban J connectivity index is 1.94. The van der Waals surface area contributed by atoms with E-state index >= 15 is 0 Å². The number of sulfonamides is 1. The van der Waals surface area contributed by atoms with Crippen LogP contribution in [0.4, 0.5) is 0 Å². The molecule has 0 heterocycles. The van der Waals surface area contributed by atoms with Gasteiger partial charge in [0.2, 0.25) is 21.8 Å². The van der Waals surface area contributed by atoms with Gasteiger partial charge >= 0.3 is 0 Å². The number of carbonyl (C=O) groups excluding carboxylic acids is 2. The highest BCUT2D eigenvalue weighted by Gasteiger charge is 2.33. The molecule has 0 aliphatic rings. The Morgan fingerprint density at radius 1 is 0.846 bits per heavy atom. The van der Waals surface area contributed by atoms with E-state index in [1.54, 1.807) is 12.1 Å². The molecular formula is C31H39N3O4S. The van der Waals surface area contributed by atoms with Crippen LogP contribution in [-0.4, -0.2) is 55.6 Å². The predicted octanol–water partition coefficient (Wildman–Crippen LogP) is 4.48. The SMILES string of the molecule is CCCCNC(=O)[C@@H](Cc1ccccc1)N(Cc1ccc(C)cc1)C(=O)CN(C)S(=O)(=O)c1ccc(C)cc1. The Kier molecular flexibility index (Phi) is 10.8. The van der Waals surface area contributed by atoms with Crippen molar-refractivity contribution in [1.29, 1.82) is 0 Å². The van der Waals surface area contributed by atoms with Crippen LogP contribution in [0.3, 0.4) is 0 Å². The number of nitrogens with zero attached hydrogens (tertiary/aromatic N) is 2. The minimum Gasteiger partial charge on any atom is -0.354 e. The largest absolute Gasteiger partial charge is 0.354 e. The summed E-state index contributed by atoms with van der Waals surface area (Å²) in [6.07, 6.45) is 2.06. The molecule has 0 aliphatic carbocycles. The number of hydrogen-bond donors (Lipinski definition) is 1. The molecule has 208 valence electrons. The van der Waals surface area contributed by atoms with Crippen molar-refractivity contribution < 1.29 is 18.0 Å². The summed E-state index contributed by atoms with van der Waals surface area (Å²) >= 11 is 0. The van der Waals surface area contributed by atoms with Crippen molar-refractivity contribution in [1.82, 2.24) is 14.5 Å².